The zero-order valence-corrected chi connectivity index (χ0v) is 13.1. The van der Waals surface area contributed by atoms with Crippen molar-refractivity contribution in [1.29, 1.82) is 0 Å². The Balaban J connectivity index is 1.84. The first-order valence-electron chi connectivity index (χ1n) is 7.92. The third kappa shape index (κ3) is 5.05. The molecule has 0 unspecified atom stereocenters. The maximum absolute atomic E-state index is 12.1. The summed E-state index contributed by atoms with van der Waals surface area (Å²) < 4.78 is 5.44. The van der Waals surface area contributed by atoms with Crippen LogP contribution in [0, 0.1) is 0 Å². The van der Waals surface area contributed by atoms with Crippen molar-refractivity contribution in [2.75, 3.05) is 25.5 Å². The highest BCUT2D eigenvalue weighted by Crippen LogP contribution is 2.22. The zero-order chi connectivity index (χ0) is 15.1. The van der Waals surface area contributed by atoms with E-state index >= 15 is 0 Å². The highest BCUT2D eigenvalue weighted by molar-refractivity contribution is 5.92. The SMILES string of the molecule is CCOc1cccc(NC(=O)CN(C)C2CCCCC2)c1. The van der Waals surface area contributed by atoms with Crippen molar-refractivity contribution in [1.82, 2.24) is 4.90 Å². The number of anilines is 1. The predicted octanol–water partition coefficient (Wildman–Crippen LogP) is 3.29. The van der Waals surface area contributed by atoms with E-state index in [-0.39, 0.29) is 5.91 Å². The molecule has 1 aliphatic carbocycles. The molecule has 1 saturated carbocycles. The van der Waals surface area contributed by atoms with Gasteiger partial charge < -0.3 is 10.1 Å². The number of nitrogens with one attached hydrogen (secondary N) is 1. The molecular weight excluding hydrogens is 264 g/mol. The van der Waals surface area contributed by atoms with Gasteiger partial charge in [-0.2, -0.15) is 0 Å². The molecule has 116 valence electrons. The summed E-state index contributed by atoms with van der Waals surface area (Å²) >= 11 is 0. The molecule has 0 aromatic heterocycles. The van der Waals surface area contributed by atoms with Crippen LogP contribution >= 0.6 is 0 Å². The van der Waals surface area contributed by atoms with E-state index in [1.165, 1.54) is 32.1 Å². The van der Waals surface area contributed by atoms with Crippen LogP contribution in [-0.2, 0) is 4.79 Å². The Kier molecular flexibility index (Phi) is 6.05. The van der Waals surface area contributed by atoms with E-state index in [1.54, 1.807) is 0 Å². The molecule has 0 aliphatic heterocycles. The molecule has 2 rings (SSSR count). The fraction of sp³-hybridized carbons (Fsp3) is 0.588. The molecule has 0 atom stereocenters. The van der Waals surface area contributed by atoms with Crippen molar-refractivity contribution in [3.63, 3.8) is 0 Å². The summed E-state index contributed by atoms with van der Waals surface area (Å²) in [7, 11) is 2.05. The Morgan fingerprint density at radius 3 is 2.81 bits per heavy atom. The van der Waals surface area contributed by atoms with Gasteiger partial charge in [0.15, 0.2) is 0 Å². The first-order valence-corrected chi connectivity index (χ1v) is 7.92. The molecule has 1 aliphatic rings. The van der Waals surface area contributed by atoms with Crippen molar-refractivity contribution in [2.24, 2.45) is 0 Å². The lowest BCUT2D eigenvalue weighted by molar-refractivity contribution is -0.117. The Bertz CT molecular complexity index is 456. The predicted molar refractivity (Wildman–Crippen MR) is 85.7 cm³/mol. The van der Waals surface area contributed by atoms with Gasteiger partial charge in [0.25, 0.3) is 0 Å². The number of amides is 1. The van der Waals surface area contributed by atoms with Gasteiger partial charge in [0.1, 0.15) is 5.75 Å². The minimum Gasteiger partial charge on any atom is -0.494 e. The van der Waals surface area contributed by atoms with Crippen molar-refractivity contribution >= 4 is 11.6 Å². The number of hydrogen-bond acceptors (Lipinski definition) is 3. The number of rotatable bonds is 6. The van der Waals surface area contributed by atoms with Crippen molar-refractivity contribution in [3.05, 3.63) is 24.3 Å². The largest absolute Gasteiger partial charge is 0.494 e. The summed E-state index contributed by atoms with van der Waals surface area (Å²) in [5.41, 5.74) is 0.794. The molecule has 0 spiro atoms. The van der Waals surface area contributed by atoms with Crippen LogP contribution in [0.1, 0.15) is 39.0 Å². The fourth-order valence-corrected chi connectivity index (χ4v) is 2.91. The second-order valence-corrected chi connectivity index (χ2v) is 5.72. The monoisotopic (exact) mass is 290 g/mol. The number of nitrogens with zero attached hydrogens (tertiary/aromatic N) is 1. The van der Waals surface area contributed by atoms with Crippen LogP contribution in [0.5, 0.6) is 5.75 Å². The Hall–Kier alpha value is -1.55. The van der Waals surface area contributed by atoms with Crippen LogP contribution in [0.4, 0.5) is 5.69 Å². The van der Waals surface area contributed by atoms with Crippen molar-refractivity contribution < 1.29 is 9.53 Å². The summed E-state index contributed by atoms with van der Waals surface area (Å²) in [5.74, 6) is 0.827. The van der Waals surface area contributed by atoms with Crippen LogP contribution in [0.15, 0.2) is 24.3 Å². The van der Waals surface area contributed by atoms with E-state index in [0.717, 1.165) is 11.4 Å². The van der Waals surface area contributed by atoms with Gasteiger partial charge in [-0.05, 0) is 38.9 Å². The smallest absolute Gasteiger partial charge is 0.238 e. The van der Waals surface area contributed by atoms with Crippen LogP contribution in [0.2, 0.25) is 0 Å². The van der Waals surface area contributed by atoms with E-state index in [0.29, 0.717) is 19.2 Å². The lowest BCUT2D eigenvalue weighted by Crippen LogP contribution is -2.39. The maximum atomic E-state index is 12.1. The van der Waals surface area contributed by atoms with Crippen molar-refractivity contribution in [2.45, 2.75) is 45.1 Å². The number of carbonyl (C=O) groups is 1. The van der Waals surface area contributed by atoms with Crippen LogP contribution in [0.25, 0.3) is 0 Å². The highest BCUT2D eigenvalue weighted by atomic mass is 16.5. The van der Waals surface area contributed by atoms with Gasteiger partial charge in [-0.15, -0.1) is 0 Å². The van der Waals surface area contributed by atoms with Gasteiger partial charge in [0.2, 0.25) is 5.91 Å². The third-order valence-electron chi connectivity index (χ3n) is 4.02. The van der Waals surface area contributed by atoms with Crippen LogP contribution in [-0.4, -0.2) is 37.0 Å². The number of benzene rings is 1. The summed E-state index contributed by atoms with van der Waals surface area (Å²) in [4.78, 5) is 14.3. The molecule has 0 radical (unpaired) electrons. The van der Waals surface area contributed by atoms with Crippen LogP contribution < -0.4 is 10.1 Å². The lowest BCUT2D eigenvalue weighted by Gasteiger charge is -2.30. The molecule has 4 nitrogen and oxygen atoms in total. The first kappa shape index (κ1) is 15.8. The number of carbonyl (C=O) groups excluding carboxylic acids is 1. The zero-order valence-electron chi connectivity index (χ0n) is 13.1. The molecule has 0 heterocycles. The Labute approximate surface area is 127 Å². The van der Waals surface area contributed by atoms with E-state index in [9.17, 15) is 4.79 Å². The Morgan fingerprint density at radius 2 is 2.10 bits per heavy atom. The van der Waals surface area contributed by atoms with Crippen molar-refractivity contribution in [3.8, 4) is 5.75 Å². The third-order valence-corrected chi connectivity index (χ3v) is 4.02. The van der Waals surface area contributed by atoms with Gasteiger partial charge >= 0.3 is 0 Å². The van der Waals surface area contributed by atoms with E-state index in [4.69, 9.17) is 4.74 Å². The quantitative estimate of drug-likeness (QED) is 0.874. The summed E-state index contributed by atoms with van der Waals surface area (Å²) in [6.45, 7) is 3.02. The molecule has 21 heavy (non-hydrogen) atoms. The Morgan fingerprint density at radius 1 is 1.33 bits per heavy atom. The minimum atomic E-state index is 0.0386. The van der Waals surface area contributed by atoms with Crippen LogP contribution in [0.3, 0.4) is 0 Å². The molecule has 1 amide bonds. The molecule has 0 saturated heterocycles. The second-order valence-electron chi connectivity index (χ2n) is 5.72. The molecule has 0 bridgehead atoms. The van der Waals surface area contributed by atoms with Gasteiger partial charge in [0, 0.05) is 17.8 Å². The first-order chi connectivity index (χ1) is 10.2. The lowest BCUT2D eigenvalue weighted by atomic mass is 9.94. The summed E-state index contributed by atoms with van der Waals surface area (Å²) in [6.07, 6.45) is 6.33. The molecular formula is C17H26N2O2. The summed E-state index contributed by atoms with van der Waals surface area (Å²) in [6, 6.07) is 8.10. The van der Waals surface area contributed by atoms with Gasteiger partial charge in [-0.25, -0.2) is 0 Å². The fourth-order valence-electron chi connectivity index (χ4n) is 2.91. The molecule has 4 heteroatoms. The molecule has 1 N–H and O–H groups in total. The average molecular weight is 290 g/mol. The van der Waals surface area contributed by atoms with E-state index < -0.39 is 0 Å². The van der Waals surface area contributed by atoms with Gasteiger partial charge in [-0.1, -0.05) is 25.3 Å². The number of ether oxygens (including phenoxy) is 1. The highest BCUT2D eigenvalue weighted by Gasteiger charge is 2.19. The van der Waals surface area contributed by atoms with E-state index in [1.807, 2.05) is 38.2 Å². The number of likely N-dealkylation sites (N-methyl/N-ethyl adjacent to an activating group) is 1. The van der Waals surface area contributed by atoms with Gasteiger partial charge in [-0.3, -0.25) is 9.69 Å². The van der Waals surface area contributed by atoms with Gasteiger partial charge in [0.05, 0.1) is 13.2 Å². The molecule has 1 aromatic carbocycles. The normalized spacial score (nSPS) is 16.0. The average Bonchev–Trinajstić information content (AvgIpc) is 2.48. The maximum Gasteiger partial charge on any atom is 0.238 e. The standard InChI is InChI=1S/C17H26N2O2/c1-3-21-16-11-7-8-14(12-16)18-17(20)13-19(2)15-9-5-4-6-10-15/h7-8,11-12,15H,3-6,9-10,13H2,1-2H3,(H,18,20). The molecule has 1 fully saturated rings. The van der Waals surface area contributed by atoms with E-state index in [2.05, 4.69) is 10.2 Å². The summed E-state index contributed by atoms with van der Waals surface area (Å²) in [5, 5.41) is 2.95. The second kappa shape index (κ2) is 8.03. The molecule has 1 aromatic rings. The minimum absolute atomic E-state index is 0.0386. The topological polar surface area (TPSA) is 41.6 Å². The number of hydrogen-bond donors (Lipinski definition) is 1.